The molecule has 0 radical (unpaired) electrons. The Kier molecular flexibility index (Phi) is 3.01. The molecule has 0 amide bonds. The van der Waals surface area contributed by atoms with Crippen LogP contribution >= 0.6 is 0 Å². The van der Waals surface area contributed by atoms with Gasteiger partial charge in [-0.25, -0.2) is 0 Å². The Bertz CT molecular complexity index is 367. The van der Waals surface area contributed by atoms with E-state index in [9.17, 15) is 9.59 Å². The lowest BCUT2D eigenvalue weighted by Gasteiger charge is -2.55. The van der Waals surface area contributed by atoms with Gasteiger partial charge in [-0.15, -0.1) is 0 Å². The van der Waals surface area contributed by atoms with E-state index in [0.717, 1.165) is 31.8 Å². The molecule has 0 aromatic rings. The van der Waals surface area contributed by atoms with Crippen molar-refractivity contribution in [1.82, 2.24) is 0 Å². The molecule has 1 fully saturated rings. The van der Waals surface area contributed by atoms with Crippen molar-refractivity contribution in [2.45, 2.75) is 46.5 Å². The van der Waals surface area contributed by atoms with Crippen LogP contribution in [0.25, 0.3) is 0 Å². The van der Waals surface area contributed by atoms with Crippen molar-refractivity contribution in [2.24, 2.45) is 22.7 Å². The van der Waals surface area contributed by atoms with Crippen molar-refractivity contribution in [3.05, 3.63) is 11.6 Å². The van der Waals surface area contributed by atoms with Crippen LogP contribution in [0.1, 0.15) is 46.5 Å². The van der Waals surface area contributed by atoms with Gasteiger partial charge in [-0.3, -0.25) is 4.79 Å². The van der Waals surface area contributed by atoms with Crippen molar-refractivity contribution in [1.29, 1.82) is 0 Å². The van der Waals surface area contributed by atoms with Gasteiger partial charge >= 0.3 is 0 Å². The quantitative estimate of drug-likeness (QED) is 0.688. The number of carbonyl (C=O) groups is 2. The number of aldehydes is 2. The van der Waals surface area contributed by atoms with E-state index in [1.807, 2.05) is 6.08 Å². The van der Waals surface area contributed by atoms with Crippen LogP contribution in [0.15, 0.2) is 11.6 Å². The van der Waals surface area contributed by atoms with Gasteiger partial charge in [0.1, 0.15) is 12.6 Å². The molecule has 0 aromatic carbocycles. The topological polar surface area (TPSA) is 34.1 Å². The number of carbonyl (C=O) groups excluding carboxylic acids is 2. The Morgan fingerprint density at radius 1 is 1.24 bits per heavy atom. The minimum atomic E-state index is -0.196. The maximum Gasteiger partial charge on any atom is 0.146 e. The third-order valence-electron chi connectivity index (χ3n) is 5.21. The molecule has 1 saturated carbocycles. The zero-order chi connectivity index (χ0) is 12.7. The second-order valence-corrected chi connectivity index (χ2v) is 6.57. The highest BCUT2D eigenvalue weighted by molar-refractivity contribution is 5.82. The summed E-state index contributed by atoms with van der Waals surface area (Å²) in [6, 6.07) is 0. The predicted molar refractivity (Wildman–Crippen MR) is 67.5 cm³/mol. The predicted octanol–water partition coefficient (Wildman–Crippen LogP) is 3.16. The molecule has 0 unspecified atom stereocenters. The van der Waals surface area contributed by atoms with Gasteiger partial charge in [0.05, 0.1) is 0 Å². The van der Waals surface area contributed by atoms with Gasteiger partial charge in [-0.05, 0) is 41.6 Å². The summed E-state index contributed by atoms with van der Waals surface area (Å²) in [5, 5.41) is 0. The van der Waals surface area contributed by atoms with E-state index < -0.39 is 0 Å². The SMILES string of the molecule is CC1(C)CCC[C@@]2(C)[C@@H](C=O)C(C=O)=CC[C@@H]12. The van der Waals surface area contributed by atoms with Crippen molar-refractivity contribution in [2.75, 3.05) is 0 Å². The summed E-state index contributed by atoms with van der Waals surface area (Å²) in [4.78, 5) is 22.5. The van der Waals surface area contributed by atoms with Gasteiger partial charge in [-0.2, -0.15) is 0 Å². The lowest BCUT2D eigenvalue weighted by atomic mass is 9.49. The number of hydrogen-bond acceptors (Lipinski definition) is 2. The van der Waals surface area contributed by atoms with Crippen LogP contribution in [-0.2, 0) is 9.59 Å². The molecule has 0 aromatic heterocycles. The molecule has 0 heterocycles. The van der Waals surface area contributed by atoms with E-state index in [4.69, 9.17) is 0 Å². The third-order valence-corrected chi connectivity index (χ3v) is 5.21. The summed E-state index contributed by atoms with van der Waals surface area (Å²) in [6.07, 6.45) is 8.26. The van der Waals surface area contributed by atoms with Crippen LogP contribution in [0.2, 0.25) is 0 Å². The van der Waals surface area contributed by atoms with Gasteiger partial charge < -0.3 is 4.79 Å². The summed E-state index contributed by atoms with van der Waals surface area (Å²) in [5.74, 6) is 0.320. The molecule has 2 aliphatic carbocycles. The van der Waals surface area contributed by atoms with Crippen molar-refractivity contribution >= 4 is 12.6 Å². The molecule has 0 aliphatic heterocycles. The molecule has 2 heteroatoms. The van der Waals surface area contributed by atoms with E-state index in [0.29, 0.717) is 11.5 Å². The zero-order valence-corrected chi connectivity index (χ0v) is 11.0. The number of rotatable bonds is 2. The van der Waals surface area contributed by atoms with Crippen LogP contribution in [0, 0.1) is 22.7 Å². The summed E-state index contributed by atoms with van der Waals surface area (Å²) in [7, 11) is 0. The molecule has 2 nitrogen and oxygen atoms in total. The lowest BCUT2D eigenvalue weighted by molar-refractivity contribution is -0.122. The lowest BCUT2D eigenvalue weighted by Crippen LogP contribution is -2.49. The van der Waals surface area contributed by atoms with Crippen LogP contribution in [0.3, 0.4) is 0 Å². The zero-order valence-electron chi connectivity index (χ0n) is 11.0. The Morgan fingerprint density at radius 3 is 2.53 bits per heavy atom. The van der Waals surface area contributed by atoms with Crippen LogP contribution in [-0.4, -0.2) is 12.6 Å². The maximum atomic E-state index is 11.4. The Morgan fingerprint density at radius 2 is 1.94 bits per heavy atom. The monoisotopic (exact) mass is 234 g/mol. The Labute approximate surface area is 103 Å². The maximum absolute atomic E-state index is 11.4. The van der Waals surface area contributed by atoms with E-state index in [1.54, 1.807) is 0 Å². The molecule has 2 rings (SSSR count). The normalized spacial score (nSPS) is 40.1. The molecule has 94 valence electrons. The van der Waals surface area contributed by atoms with Gasteiger partial charge in [0.2, 0.25) is 0 Å². The minimum Gasteiger partial charge on any atom is -0.303 e. The first-order valence-corrected chi connectivity index (χ1v) is 6.56. The molecule has 0 bridgehead atoms. The van der Waals surface area contributed by atoms with Gasteiger partial charge in [0, 0.05) is 5.92 Å². The van der Waals surface area contributed by atoms with E-state index in [1.165, 1.54) is 6.42 Å². The molecular formula is C15H22O2. The Balaban J connectivity index is 2.45. The molecule has 0 spiro atoms. The number of hydrogen-bond donors (Lipinski definition) is 0. The van der Waals surface area contributed by atoms with E-state index in [-0.39, 0.29) is 16.7 Å². The van der Waals surface area contributed by atoms with E-state index in [2.05, 4.69) is 20.8 Å². The second kappa shape index (κ2) is 4.08. The largest absolute Gasteiger partial charge is 0.303 e. The first kappa shape index (κ1) is 12.5. The molecule has 3 atom stereocenters. The standard InChI is InChI=1S/C15H22O2/c1-14(2)7-4-8-15(3)12(10-17)11(9-16)5-6-13(14)15/h5,9-10,12-13H,4,6-8H2,1-3H3/t12-,13-,15-/m0/s1. The summed E-state index contributed by atoms with van der Waals surface area (Å²) >= 11 is 0. The first-order chi connectivity index (χ1) is 7.95. The van der Waals surface area contributed by atoms with Crippen LogP contribution in [0.5, 0.6) is 0 Å². The molecule has 2 aliphatic rings. The fraction of sp³-hybridized carbons (Fsp3) is 0.733. The molecule has 17 heavy (non-hydrogen) atoms. The fourth-order valence-electron chi connectivity index (χ4n) is 4.24. The highest BCUT2D eigenvalue weighted by Gasteiger charge is 2.52. The average Bonchev–Trinajstić information content (AvgIpc) is 2.26. The van der Waals surface area contributed by atoms with Gasteiger partial charge in [0.25, 0.3) is 0 Å². The minimum absolute atomic E-state index is 0.0194. The number of allylic oxidation sites excluding steroid dienone is 2. The van der Waals surface area contributed by atoms with Crippen molar-refractivity contribution in [3.8, 4) is 0 Å². The third kappa shape index (κ3) is 1.78. The highest BCUT2D eigenvalue weighted by atomic mass is 16.1. The average molecular weight is 234 g/mol. The molecular weight excluding hydrogens is 212 g/mol. The second-order valence-electron chi connectivity index (χ2n) is 6.57. The van der Waals surface area contributed by atoms with Crippen LogP contribution in [0.4, 0.5) is 0 Å². The van der Waals surface area contributed by atoms with Crippen molar-refractivity contribution < 1.29 is 9.59 Å². The Hall–Kier alpha value is -0.920. The van der Waals surface area contributed by atoms with Crippen molar-refractivity contribution in [3.63, 3.8) is 0 Å². The highest BCUT2D eigenvalue weighted by Crippen LogP contribution is 2.58. The summed E-state index contributed by atoms with van der Waals surface area (Å²) in [5.41, 5.74) is 0.963. The number of fused-ring (bicyclic) bond motifs is 1. The van der Waals surface area contributed by atoms with Gasteiger partial charge in [0.15, 0.2) is 0 Å². The smallest absolute Gasteiger partial charge is 0.146 e. The molecule has 0 saturated heterocycles. The first-order valence-electron chi connectivity index (χ1n) is 6.56. The summed E-state index contributed by atoms with van der Waals surface area (Å²) in [6.45, 7) is 6.81. The van der Waals surface area contributed by atoms with Crippen LogP contribution < -0.4 is 0 Å². The fourth-order valence-corrected chi connectivity index (χ4v) is 4.24. The van der Waals surface area contributed by atoms with E-state index >= 15 is 0 Å². The molecule has 0 N–H and O–H groups in total. The van der Waals surface area contributed by atoms with Gasteiger partial charge in [-0.1, -0.05) is 33.3 Å². The summed E-state index contributed by atoms with van der Waals surface area (Å²) < 4.78 is 0.